The summed E-state index contributed by atoms with van der Waals surface area (Å²) in [4.78, 5) is 28.8. The maximum Gasteiger partial charge on any atom is 0.312 e. The van der Waals surface area contributed by atoms with Crippen LogP contribution in [0.2, 0.25) is 0 Å². The van der Waals surface area contributed by atoms with Gasteiger partial charge in [-0.15, -0.1) is 0 Å². The largest absolute Gasteiger partial charge is 0.460 e. The van der Waals surface area contributed by atoms with Crippen molar-refractivity contribution >= 4 is 22.9 Å². The van der Waals surface area contributed by atoms with Gasteiger partial charge >= 0.3 is 5.97 Å². The van der Waals surface area contributed by atoms with Crippen LogP contribution < -0.4 is 10.6 Å². The molecule has 2 aliphatic heterocycles. The summed E-state index contributed by atoms with van der Waals surface area (Å²) in [5, 5.41) is 13.5. The van der Waals surface area contributed by atoms with E-state index in [0.29, 0.717) is 29.6 Å². The Kier molecular flexibility index (Phi) is 3.68. The smallest absolute Gasteiger partial charge is 0.312 e. The minimum Gasteiger partial charge on any atom is -0.460 e. The molecular weight excluding hydrogens is 310 g/mol. The SMILES string of the molecule is O=C(NCC1CC2(CCNCC2)C(=O)O1)c1ccnc2[nH]ncc12. The number of esters is 1. The number of pyridine rings is 1. The number of aromatic amines is 1. The number of aromatic nitrogens is 3. The predicted octanol–water partition coefficient (Wildman–Crippen LogP) is 0.373. The van der Waals surface area contributed by atoms with Crippen molar-refractivity contribution in [3.8, 4) is 0 Å². The fourth-order valence-corrected chi connectivity index (χ4v) is 3.62. The van der Waals surface area contributed by atoms with Gasteiger partial charge in [-0.2, -0.15) is 5.10 Å². The van der Waals surface area contributed by atoms with Gasteiger partial charge < -0.3 is 15.4 Å². The number of hydrogen-bond donors (Lipinski definition) is 3. The number of cyclic esters (lactones) is 1. The first-order chi connectivity index (χ1) is 11.7. The molecule has 8 nitrogen and oxygen atoms in total. The van der Waals surface area contributed by atoms with E-state index in [9.17, 15) is 9.59 Å². The van der Waals surface area contributed by atoms with Crippen LogP contribution in [0.15, 0.2) is 18.5 Å². The maximum absolute atomic E-state index is 12.4. The monoisotopic (exact) mass is 329 g/mol. The molecule has 2 aromatic rings. The molecular formula is C16H19N5O3. The summed E-state index contributed by atoms with van der Waals surface area (Å²) in [5.41, 5.74) is 0.716. The molecule has 0 radical (unpaired) electrons. The van der Waals surface area contributed by atoms with Crippen LogP contribution >= 0.6 is 0 Å². The second kappa shape index (κ2) is 5.86. The van der Waals surface area contributed by atoms with Crippen molar-refractivity contribution in [3.05, 3.63) is 24.0 Å². The van der Waals surface area contributed by atoms with Crippen LogP contribution in [0.4, 0.5) is 0 Å². The molecule has 2 saturated heterocycles. The lowest BCUT2D eigenvalue weighted by molar-refractivity contribution is -0.149. The molecule has 2 fully saturated rings. The highest BCUT2D eigenvalue weighted by Gasteiger charge is 2.49. The molecule has 2 aromatic heterocycles. The Balaban J connectivity index is 1.41. The Morgan fingerprint density at radius 3 is 3.08 bits per heavy atom. The molecule has 8 heteroatoms. The molecule has 2 aliphatic rings. The van der Waals surface area contributed by atoms with Crippen molar-refractivity contribution in [2.45, 2.75) is 25.4 Å². The van der Waals surface area contributed by atoms with Crippen LogP contribution in [0.1, 0.15) is 29.6 Å². The molecule has 3 N–H and O–H groups in total. The van der Waals surface area contributed by atoms with Gasteiger partial charge in [0.25, 0.3) is 5.91 Å². The molecule has 1 spiro atoms. The average Bonchev–Trinajstić information content (AvgIpc) is 3.19. The highest BCUT2D eigenvalue weighted by Crippen LogP contribution is 2.41. The minimum atomic E-state index is -0.366. The summed E-state index contributed by atoms with van der Waals surface area (Å²) >= 11 is 0. The van der Waals surface area contributed by atoms with Crippen molar-refractivity contribution in [1.82, 2.24) is 25.8 Å². The topological polar surface area (TPSA) is 109 Å². The number of amides is 1. The quantitative estimate of drug-likeness (QED) is 0.702. The Bertz CT molecular complexity index is 781. The Morgan fingerprint density at radius 2 is 2.25 bits per heavy atom. The fourth-order valence-electron chi connectivity index (χ4n) is 3.62. The van der Waals surface area contributed by atoms with Crippen LogP contribution in [0.3, 0.4) is 0 Å². The summed E-state index contributed by atoms with van der Waals surface area (Å²) in [7, 11) is 0. The van der Waals surface area contributed by atoms with Crippen LogP contribution in [-0.2, 0) is 9.53 Å². The van der Waals surface area contributed by atoms with Gasteiger partial charge in [-0.3, -0.25) is 14.7 Å². The van der Waals surface area contributed by atoms with Crippen molar-refractivity contribution in [2.75, 3.05) is 19.6 Å². The first-order valence-corrected chi connectivity index (χ1v) is 8.16. The molecule has 0 bridgehead atoms. The van der Waals surface area contributed by atoms with Gasteiger partial charge in [-0.25, -0.2) is 4.98 Å². The minimum absolute atomic E-state index is 0.121. The van der Waals surface area contributed by atoms with Gasteiger partial charge in [0, 0.05) is 12.6 Å². The van der Waals surface area contributed by atoms with E-state index < -0.39 is 0 Å². The van der Waals surface area contributed by atoms with E-state index in [1.807, 2.05) is 0 Å². The van der Waals surface area contributed by atoms with Crippen molar-refractivity contribution in [1.29, 1.82) is 0 Å². The maximum atomic E-state index is 12.4. The van der Waals surface area contributed by atoms with E-state index >= 15 is 0 Å². The third kappa shape index (κ3) is 2.52. The van der Waals surface area contributed by atoms with E-state index in [2.05, 4.69) is 25.8 Å². The molecule has 1 atom stereocenters. The number of ether oxygens (including phenoxy) is 1. The lowest BCUT2D eigenvalue weighted by atomic mass is 9.76. The van der Waals surface area contributed by atoms with Gasteiger partial charge in [-0.05, 0) is 32.0 Å². The number of carbonyl (C=O) groups is 2. The molecule has 1 unspecified atom stereocenters. The summed E-state index contributed by atoms with van der Waals surface area (Å²) in [6, 6.07) is 1.65. The molecule has 0 aliphatic carbocycles. The van der Waals surface area contributed by atoms with Crippen molar-refractivity contribution < 1.29 is 14.3 Å². The summed E-state index contributed by atoms with van der Waals surface area (Å²) in [6.07, 6.45) is 5.16. The van der Waals surface area contributed by atoms with Gasteiger partial charge in [0.2, 0.25) is 0 Å². The zero-order chi connectivity index (χ0) is 16.6. The summed E-state index contributed by atoms with van der Waals surface area (Å²) < 4.78 is 5.50. The normalized spacial score (nSPS) is 22.7. The third-order valence-electron chi connectivity index (χ3n) is 4.97. The highest BCUT2D eigenvalue weighted by molar-refractivity contribution is 6.05. The number of piperidine rings is 1. The number of carbonyl (C=O) groups excluding carboxylic acids is 2. The van der Waals surface area contributed by atoms with Gasteiger partial charge in [0.05, 0.1) is 29.1 Å². The van der Waals surface area contributed by atoms with Gasteiger partial charge in [-0.1, -0.05) is 0 Å². The fraction of sp³-hybridized carbons (Fsp3) is 0.500. The van der Waals surface area contributed by atoms with Crippen LogP contribution in [-0.4, -0.2) is 52.8 Å². The Labute approximate surface area is 138 Å². The number of rotatable bonds is 3. The standard InChI is InChI=1S/C16H19N5O3/c22-14(11-1-4-18-13-12(11)9-20-21-13)19-8-10-7-16(15(23)24-10)2-5-17-6-3-16/h1,4,9-10,17H,2-3,5-8H2,(H,19,22)(H,18,20,21). The van der Waals surface area contributed by atoms with E-state index in [1.54, 1.807) is 18.5 Å². The summed E-state index contributed by atoms with van der Waals surface area (Å²) in [5.74, 6) is -0.338. The number of nitrogens with one attached hydrogen (secondary N) is 3. The third-order valence-corrected chi connectivity index (χ3v) is 4.97. The van der Waals surface area contributed by atoms with Crippen molar-refractivity contribution in [3.63, 3.8) is 0 Å². The molecule has 0 aromatic carbocycles. The van der Waals surface area contributed by atoms with E-state index in [1.165, 1.54) is 0 Å². The number of hydrogen-bond acceptors (Lipinski definition) is 6. The molecule has 0 saturated carbocycles. The first-order valence-electron chi connectivity index (χ1n) is 8.16. The molecule has 1 amide bonds. The Hall–Kier alpha value is -2.48. The second-order valence-electron chi connectivity index (χ2n) is 6.46. The summed E-state index contributed by atoms with van der Waals surface area (Å²) in [6.45, 7) is 1.99. The number of fused-ring (bicyclic) bond motifs is 1. The first kappa shape index (κ1) is 15.1. The van der Waals surface area contributed by atoms with E-state index in [4.69, 9.17) is 4.74 Å². The predicted molar refractivity (Wildman–Crippen MR) is 85.3 cm³/mol. The Morgan fingerprint density at radius 1 is 1.42 bits per heavy atom. The molecule has 4 heterocycles. The number of H-pyrrole nitrogens is 1. The molecule has 4 rings (SSSR count). The van der Waals surface area contributed by atoms with E-state index in [-0.39, 0.29) is 23.4 Å². The zero-order valence-corrected chi connectivity index (χ0v) is 13.2. The average molecular weight is 329 g/mol. The molecule has 24 heavy (non-hydrogen) atoms. The van der Waals surface area contributed by atoms with Crippen LogP contribution in [0.5, 0.6) is 0 Å². The van der Waals surface area contributed by atoms with Crippen molar-refractivity contribution in [2.24, 2.45) is 5.41 Å². The second-order valence-corrected chi connectivity index (χ2v) is 6.46. The van der Waals surface area contributed by atoms with Gasteiger partial charge in [0.15, 0.2) is 5.65 Å². The lowest BCUT2D eigenvalue weighted by Crippen LogP contribution is -2.39. The van der Waals surface area contributed by atoms with Crippen LogP contribution in [0, 0.1) is 5.41 Å². The molecule has 126 valence electrons. The lowest BCUT2D eigenvalue weighted by Gasteiger charge is -2.29. The zero-order valence-electron chi connectivity index (χ0n) is 13.2. The van der Waals surface area contributed by atoms with E-state index in [0.717, 1.165) is 25.9 Å². The number of nitrogens with zero attached hydrogens (tertiary/aromatic N) is 2. The highest BCUT2D eigenvalue weighted by atomic mass is 16.6. The van der Waals surface area contributed by atoms with Crippen LogP contribution in [0.25, 0.3) is 11.0 Å². The van der Waals surface area contributed by atoms with Gasteiger partial charge in [0.1, 0.15) is 6.10 Å².